The molecule has 10 heavy (non-hydrogen) atoms. The summed E-state index contributed by atoms with van der Waals surface area (Å²) >= 11 is 0. The fourth-order valence-electron chi connectivity index (χ4n) is 4.24. The molecule has 0 nitrogen and oxygen atoms in total. The van der Waals surface area contributed by atoms with Crippen LogP contribution < -0.4 is 0 Å². The molecule has 4 atom stereocenters. The maximum atomic E-state index is 2.52. The Hall–Kier alpha value is 0. The maximum absolute atomic E-state index is 2.52. The van der Waals surface area contributed by atoms with Gasteiger partial charge in [0.15, 0.2) is 0 Å². The second-order valence-corrected chi connectivity index (χ2v) is 5.22. The molecule has 1 spiro atoms. The van der Waals surface area contributed by atoms with E-state index < -0.39 is 0 Å². The summed E-state index contributed by atoms with van der Waals surface area (Å²) in [6.45, 7) is 4.98. The minimum Gasteiger partial charge on any atom is -0.0622 e. The minimum absolute atomic E-state index is 0.829. The van der Waals surface area contributed by atoms with Crippen LogP contribution in [0.2, 0.25) is 0 Å². The van der Waals surface area contributed by atoms with Gasteiger partial charge in [0.2, 0.25) is 0 Å². The van der Waals surface area contributed by atoms with Crippen molar-refractivity contribution in [3.8, 4) is 0 Å². The highest BCUT2D eigenvalue weighted by Gasteiger charge is 2.76. The molecule has 0 heteroatoms. The van der Waals surface area contributed by atoms with Crippen LogP contribution in [0, 0.1) is 22.7 Å². The lowest BCUT2D eigenvalue weighted by molar-refractivity contribution is 0.118. The van der Waals surface area contributed by atoms with E-state index in [0.717, 1.165) is 22.7 Å². The summed E-state index contributed by atoms with van der Waals surface area (Å²) < 4.78 is 0. The zero-order chi connectivity index (χ0) is 6.98. The molecule has 0 aromatic rings. The molecule has 3 aliphatic carbocycles. The van der Waals surface area contributed by atoms with Crippen molar-refractivity contribution in [1.82, 2.24) is 0 Å². The summed E-state index contributed by atoms with van der Waals surface area (Å²) in [6.07, 6.45) is 6.24. The van der Waals surface area contributed by atoms with Gasteiger partial charge in [0, 0.05) is 0 Å². The molecule has 0 aromatic heterocycles. The third-order valence-electron chi connectivity index (χ3n) is 4.85. The first kappa shape index (κ1) is 5.62. The molecule has 0 aromatic carbocycles. The lowest BCUT2D eigenvalue weighted by Crippen LogP contribution is -2.29. The third kappa shape index (κ3) is 0.339. The van der Waals surface area contributed by atoms with E-state index in [-0.39, 0.29) is 0 Å². The lowest BCUT2D eigenvalue weighted by Gasteiger charge is -2.37. The zero-order valence-corrected chi connectivity index (χ0v) is 6.98. The first-order valence-corrected chi connectivity index (χ1v) is 4.68. The van der Waals surface area contributed by atoms with Crippen LogP contribution in [-0.4, -0.2) is 0 Å². The third-order valence-corrected chi connectivity index (χ3v) is 4.85. The standard InChI is InChI=1S/C10H16/c1-7-5-9(2)6-10(9)4-3-8(7)10/h7-8H,3-6H2,1-2H3. The molecule has 3 fully saturated rings. The highest BCUT2D eigenvalue weighted by molar-refractivity contribution is 5.25. The van der Waals surface area contributed by atoms with Crippen molar-refractivity contribution in [3.63, 3.8) is 0 Å². The highest BCUT2D eigenvalue weighted by atomic mass is 14.8. The van der Waals surface area contributed by atoms with E-state index in [1.165, 1.54) is 6.42 Å². The van der Waals surface area contributed by atoms with E-state index >= 15 is 0 Å². The number of rotatable bonds is 0. The summed E-state index contributed by atoms with van der Waals surface area (Å²) in [5, 5.41) is 0. The Balaban J connectivity index is 2.01. The van der Waals surface area contributed by atoms with Gasteiger partial charge in [-0.25, -0.2) is 0 Å². The molecule has 0 N–H and O–H groups in total. The van der Waals surface area contributed by atoms with Gasteiger partial charge in [-0.3, -0.25) is 0 Å². The summed E-state index contributed by atoms with van der Waals surface area (Å²) in [5.41, 5.74) is 1.74. The molecular weight excluding hydrogens is 120 g/mol. The van der Waals surface area contributed by atoms with Crippen molar-refractivity contribution in [2.75, 3.05) is 0 Å². The van der Waals surface area contributed by atoms with Crippen LogP contribution in [0.5, 0.6) is 0 Å². The predicted molar refractivity (Wildman–Crippen MR) is 41.7 cm³/mol. The van der Waals surface area contributed by atoms with Crippen molar-refractivity contribution in [2.24, 2.45) is 22.7 Å². The molecule has 0 radical (unpaired) electrons. The first-order chi connectivity index (χ1) is 4.68. The molecule has 0 heterocycles. The van der Waals surface area contributed by atoms with Crippen LogP contribution in [0.3, 0.4) is 0 Å². The number of hydrogen-bond donors (Lipinski definition) is 0. The molecular formula is C10H16. The largest absolute Gasteiger partial charge is 0.0622 e. The SMILES string of the molecule is CC1CC2(C)CC23CCC13. The molecule has 4 unspecified atom stereocenters. The molecule has 3 aliphatic rings. The molecule has 0 bridgehead atoms. The van der Waals surface area contributed by atoms with Gasteiger partial charge in [-0.1, -0.05) is 13.8 Å². The number of hydrogen-bond acceptors (Lipinski definition) is 0. The second kappa shape index (κ2) is 1.19. The van der Waals surface area contributed by atoms with Crippen LogP contribution in [0.1, 0.15) is 39.5 Å². The monoisotopic (exact) mass is 136 g/mol. The van der Waals surface area contributed by atoms with E-state index in [0.29, 0.717) is 0 Å². The topological polar surface area (TPSA) is 0 Å². The zero-order valence-electron chi connectivity index (χ0n) is 6.98. The molecule has 3 rings (SSSR count). The fourth-order valence-corrected chi connectivity index (χ4v) is 4.24. The molecule has 56 valence electrons. The Kier molecular flexibility index (Phi) is 0.669. The Morgan fingerprint density at radius 2 is 2.20 bits per heavy atom. The van der Waals surface area contributed by atoms with Crippen LogP contribution in [-0.2, 0) is 0 Å². The predicted octanol–water partition coefficient (Wildman–Crippen LogP) is 2.83. The second-order valence-electron chi connectivity index (χ2n) is 5.22. The normalized spacial score (nSPS) is 70.2. The Labute approximate surface area is 63.0 Å². The smallest absolute Gasteiger partial charge is 0.0207 e. The van der Waals surface area contributed by atoms with Crippen molar-refractivity contribution >= 4 is 0 Å². The van der Waals surface area contributed by atoms with E-state index in [2.05, 4.69) is 13.8 Å². The molecule has 0 amide bonds. The van der Waals surface area contributed by atoms with Crippen molar-refractivity contribution in [2.45, 2.75) is 39.5 Å². The van der Waals surface area contributed by atoms with Gasteiger partial charge >= 0.3 is 0 Å². The van der Waals surface area contributed by atoms with E-state index in [9.17, 15) is 0 Å². The van der Waals surface area contributed by atoms with Crippen LogP contribution in [0.25, 0.3) is 0 Å². The maximum Gasteiger partial charge on any atom is -0.0207 e. The molecule has 0 saturated heterocycles. The average Bonchev–Trinajstić information content (AvgIpc) is 2.30. The molecule has 0 aliphatic heterocycles. The first-order valence-electron chi connectivity index (χ1n) is 4.68. The average molecular weight is 136 g/mol. The lowest BCUT2D eigenvalue weighted by atomic mass is 9.67. The van der Waals surface area contributed by atoms with Crippen LogP contribution in [0.15, 0.2) is 0 Å². The van der Waals surface area contributed by atoms with Gasteiger partial charge in [-0.2, -0.15) is 0 Å². The van der Waals surface area contributed by atoms with Crippen LogP contribution in [0.4, 0.5) is 0 Å². The summed E-state index contributed by atoms with van der Waals surface area (Å²) in [7, 11) is 0. The van der Waals surface area contributed by atoms with Crippen LogP contribution >= 0.6 is 0 Å². The van der Waals surface area contributed by atoms with Gasteiger partial charge < -0.3 is 0 Å². The Bertz CT molecular complexity index is 196. The van der Waals surface area contributed by atoms with Gasteiger partial charge in [0.1, 0.15) is 0 Å². The van der Waals surface area contributed by atoms with Crippen molar-refractivity contribution in [1.29, 1.82) is 0 Å². The molecule has 3 saturated carbocycles. The summed E-state index contributed by atoms with van der Waals surface area (Å²) in [5.74, 6) is 2.21. The minimum atomic E-state index is 0.829. The van der Waals surface area contributed by atoms with Crippen molar-refractivity contribution < 1.29 is 0 Å². The Morgan fingerprint density at radius 1 is 1.40 bits per heavy atom. The summed E-state index contributed by atoms with van der Waals surface area (Å²) in [6, 6.07) is 0. The van der Waals surface area contributed by atoms with Gasteiger partial charge in [0.05, 0.1) is 0 Å². The summed E-state index contributed by atoms with van der Waals surface area (Å²) in [4.78, 5) is 0. The van der Waals surface area contributed by atoms with E-state index in [1.54, 1.807) is 19.3 Å². The van der Waals surface area contributed by atoms with Gasteiger partial charge in [0.25, 0.3) is 0 Å². The van der Waals surface area contributed by atoms with E-state index in [4.69, 9.17) is 0 Å². The quantitative estimate of drug-likeness (QED) is 0.480. The van der Waals surface area contributed by atoms with Gasteiger partial charge in [-0.05, 0) is 48.3 Å². The van der Waals surface area contributed by atoms with Crippen molar-refractivity contribution in [3.05, 3.63) is 0 Å². The Morgan fingerprint density at radius 3 is 2.50 bits per heavy atom. The highest BCUT2D eigenvalue weighted by Crippen LogP contribution is 2.84. The van der Waals surface area contributed by atoms with E-state index in [1.807, 2.05) is 0 Å². The van der Waals surface area contributed by atoms with Gasteiger partial charge in [-0.15, -0.1) is 0 Å². The fraction of sp³-hybridized carbons (Fsp3) is 1.00.